The Hall–Kier alpha value is -0.650. The number of nitrogens with zero attached hydrogens (tertiary/aromatic N) is 2. The zero-order chi connectivity index (χ0) is 13.0. The van der Waals surface area contributed by atoms with Crippen LogP contribution in [0.4, 0.5) is 0 Å². The van der Waals surface area contributed by atoms with Gasteiger partial charge in [-0.2, -0.15) is 0 Å². The van der Waals surface area contributed by atoms with E-state index in [4.69, 9.17) is 9.84 Å². The van der Waals surface area contributed by atoms with Gasteiger partial charge in [0.25, 0.3) is 0 Å². The SMILES string of the molecule is CC(C(=O)O)N1CCC(CN2CCOCC2)CC1. The molecule has 2 rings (SSSR count). The van der Waals surface area contributed by atoms with Crippen molar-refractivity contribution < 1.29 is 14.6 Å². The number of hydrogen-bond acceptors (Lipinski definition) is 4. The smallest absolute Gasteiger partial charge is 0.320 e. The topological polar surface area (TPSA) is 53.0 Å². The quantitative estimate of drug-likeness (QED) is 0.794. The lowest BCUT2D eigenvalue weighted by molar-refractivity contribution is -0.143. The van der Waals surface area contributed by atoms with E-state index >= 15 is 0 Å². The fourth-order valence-electron chi connectivity index (χ4n) is 2.83. The number of rotatable bonds is 4. The number of carbonyl (C=O) groups is 1. The van der Waals surface area contributed by atoms with E-state index < -0.39 is 5.97 Å². The van der Waals surface area contributed by atoms with Gasteiger partial charge in [0.15, 0.2) is 0 Å². The van der Waals surface area contributed by atoms with E-state index in [1.165, 1.54) is 0 Å². The highest BCUT2D eigenvalue weighted by atomic mass is 16.5. The molecule has 0 aromatic heterocycles. The Bertz CT molecular complexity index is 271. The summed E-state index contributed by atoms with van der Waals surface area (Å²) in [6.45, 7) is 8.58. The van der Waals surface area contributed by atoms with Crippen molar-refractivity contribution in [2.45, 2.75) is 25.8 Å². The summed E-state index contributed by atoms with van der Waals surface area (Å²) in [5, 5.41) is 9.00. The lowest BCUT2D eigenvalue weighted by Gasteiger charge is -2.37. The molecule has 0 bridgehead atoms. The molecule has 0 saturated carbocycles. The van der Waals surface area contributed by atoms with Crippen LogP contribution < -0.4 is 0 Å². The standard InChI is InChI=1S/C13H24N2O3/c1-11(13(16)17)15-4-2-12(3-5-15)10-14-6-8-18-9-7-14/h11-12H,2-10H2,1H3,(H,16,17). The van der Waals surface area contributed by atoms with Crippen molar-refractivity contribution in [1.82, 2.24) is 9.80 Å². The third-order valence-electron chi connectivity index (χ3n) is 4.17. The van der Waals surface area contributed by atoms with Crippen LogP contribution in [-0.2, 0) is 9.53 Å². The van der Waals surface area contributed by atoms with Gasteiger partial charge in [-0.25, -0.2) is 0 Å². The highest BCUT2D eigenvalue weighted by Crippen LogP contribution is 2.20. The molecule has 1 N–H and O–H groups in total. The van der Waals surface area contributed by atoms with Crippen LogP contribution in [0.15, 0.2) is 0 Å². The molecule has 2 heterocycles. The van der Waals surface area contributed by atoms with E-state index in [0.717, 1.165) is 64.7 Å². The van der Waals surface area contributed by atoms with Crippen molar-refractivity contribution in [3.63, 3.8) is 0 Å². The number of piperidine rings is 1. The number of carboxylic acid groups (broad SMARTS) is 1. The molecule has 2 saturated heterocycles. The zero-order valence-electron chi connectivity index (χ0n) is 11.2. The molecule has 0 spiro atoms. The van der Waals surface area contributed by atoms with Gasteiger partial charge in [0.1, 0.15) is 6.04 Å². The van der Waals surface area contributed by atoms with Crippen molar-refractivity contribution in [2.24, 2.45) is 5.92 Å². The van der Waals surface area contributed by atoms with Crippen LogP contribution in [0, 0.1) is 5.92 Å². The molecular formula is C13H24N2O3. The minimum atomic E-state index is -0.707. The number of likely N-dealkylation sites (tertiary alicyclic amines) is 1. The Balaban J connectivity index is 1.71. The average Bonchev–Trinajstić information content (AvgIpc) is 2.40. The van der Waals surface area contributed by atoms with E-state index in [1.807, 2.05) is 0 Å². The summed E-state index contributed by atoms with van der Waals surface area (Å²) in [5.74, 6) is 0.0157. The molecule has 1 atom stereocenters. The van der Waals surface area contributed by atoms with E-state index in [0.29, 0.717) is 0 Å². The summed E-state index contributed by atoms with van der Waals surface area (Å²) in [6, 6.07) is -0.339. The Morgan fingerprint density at radius 3 is 2.44 bits per heavy atom. The summed E-state index contributed by atoms with van der Waals surface area (Å²) in [6.07, 6.45) is 2.24. The normalized spacial score (nSPS) is 26.1. The predicted octanol–water partition coefficient (Wildman–Crippen LogP) is 0.504. The molecule has 2 fully saturated rings. The number of morpholine rings is 1. The fourth-order valence-corrected chi connectivity index (χ4v) is 2.83. The molecule has 0 radical (unpaired) electrons. The Kier molecular flexibility index (Phi) is 4.97. The number of ether oxygens (including phenoxy) is 1. The second kappa shape index (κ2) is 6.50. The molecule has 0 aliphatic carbocycles. The number of carboxylic acids is 1. The summed E-state index contributed by atoms with van der Waals surface area (Å²) >= 11 is 0. The van der Waals surface area contributed by atoms with Gasteiger partial charge in [0.2, 0.25) is 0 Å². The largest absolute Gasteiger partial charge is 0.480 e. The van der Waals surface area contributed by atoms with E-state index in [-0.39, 0.29) is 6.04 Å². The molecule has 2 aliphatic heterocycles. The molecule has 2 aliphatic rings. The zero-order valence-corrected chi connectivity index (χ0v) is 11.2. The molecular weight excluding hydrogens is 232 g/mol. The summed E-state index contributed by atoms with van der Waals surface area (Å²) < 4.78 is 5.35. The average molecular weight is 256 g/mol. The monoisotopic (exact) mass is 256 g/mol. The first-order chi connectivity index (χ1) is 8.66. The van der Waals surface area contributed by atoms with Gasteiger partial charge in [-0.3, -0.25) is 14.6 Å². The van der Waals surface area contributed by atoms with Crippen molar-refractivity contribution in [1.29, 1.82) is 0 Å². The van der Waals surface area contributed by atoms with Crippen LogP contribution in [0.2, 0.25) is 0 Å². The van der Waals surface area contributed by atoms with Crippen LogP contribution >= 0.6 is 0 Å². The van der Waals surface area contributed by atoms with Crippen molar-refractivity contribution >= 4 is 5.97 Å². The van der Waals surface area contributed by atoms with Crippen LogP contribution in [-0.4, -0.2) is 72.9 Å². The maximum atomic E-state index is 10.9. The third-order valence-corrected chi connectivity index (χ3v) is 4.17. The first-order valence-corrected chi connectivity index (χ1v) is 6.94. The van der Waals surface area contributed by atoms with Crippen molar-refractivity contribution in [2.75, 3.05) is 45.9 Å². The Morgan fingerprint density at radius 1 is 1.28 bits per heavy atom. The minimum Gasteiger partial charge on any atom is -0.480 e. The minimum absolute atomic E-state index is 0.339. The van der Waals surface area contributed by atoms with Gasteiger partial charge in [0, 0.05) is 19.6 Å². The maximum Gasteiger partial charge on any atom is 0.320 e. The third kappa shape index (κ3) is 3.67. The molecule has 0 amide bonds. The second-order valence-electron chi connectivity index (χ2n) is 5.41. The molecule has 0 aromatic rings. The maximum absolute atomic E-state index is 10.9. The van der Waals surface area contributed by atoms with Gasteiger partial charge in [0.05, 0.1) is 13.2 Å². The van der Waals surface area contributed by atoms with Crippen molar-refractivity contribution in [3.05, 3.63) is 0 Å². The van der Waals surface area contributed by atoms with E-state index in [9.17, 15) is 4.79 Å². The first-order valence-electron chi connectivity index (χ1n) is 6.94. The molecule has 5 nitrogen and oxygen atoms in total. The van der Waals surface area contributed by atoms with Gasteiger partial charge in [-0.1, -0.05) is 0 Å². The van der Waals surface area contributed by atoms with Gasteiger partial charge in [-0.15, -0.1) is 0 Å². The molecule has 18 heavy (non-hydrogen) atoms. The highest BCUT2D eigenvalue weighted by Gasteiger charge is 2.27. The first kappa shape index (κ1) is 13.8. The van der Waals surface area contributed by atoms with Crippen LogP contribution in [0.3, 0.4) is 0 Å². The van der Waals surface area contributed by atoms with Gasteiger partial charge in [-0.05, 0) is 38.8 Å². The van der Waals surface area contributed by atoms with E-state index in [1.54, 1.807) is 6.92 Å². The Morgan fingerprint density at radius 2 is 1.89 bits per heavy atom. The number of aliphatic carboxylic acids is 1. The molecule has 104 valence electrons. The predicted molar refractivity (Wildman–Crippen MR) is 68.7 cm³/mol. The molecule has 1 unspecified atom stereocenters. The fraction of sp³-hybridized carbons (Fsp3) is 0.923. The molecule has 0 aromatic carbocycles. The highest BCUT2D eigenvalue weighted by molar-refractivity contribution is 5.72. The number of hydrogen-bond donors (Lipinski definition) is 1. The van der Waals surface area contributed by atoms with Crippen LogP contribution in [0.1, 0.15) is 19.8 Å². The second-order valence-corrected chi connectivity index (χ2v) is 5.41. The van der Waals surface area contributed by atoms with Crippen LogP contribution in [0.5, 0.6) is 0 Å². The van der Waals surface area contributed by atoms with Gasteiger partial charge < -0.3 is 9.84 Å². The lowest BCUT2D eigenvalue weighted by Crippen LogP contribution is -2.46. The summed E-state index contributed by atoms with van der Waals surface area (Å²) in [5.41, 5.74) is 0. The van der Waals surface area contributed by atoms with Gasteiger partial charge >= 0.3 is 5.97 Å². The Labute approximate surface area is 109 Å². The van der Waals surface area contributed by atoms with Crippen molar-refractivity contribution in [3.8, 4) is 0 Å². The molecule has 5 heteroatoms. The van der Waals surface area contributed by atoms with Crippen LogP contribution in [0.25, 0.3) is 0 Å². The summed E-state index contributed by atoms with van der Waals surface area (Å²) in [4.78, 5) is 15.5. The summed E-state index contributed by atoms with van der Waals surface area (Å²) in [7, 11) is 0. The lowest BCUT2D eigenvalue weighted by atomic mass is 9.95. The van der Waals surface area contributed by atoms with E-state index in [2.05, 4.69) is 9.80 Å².